The van der Waals surface area contributed by atoms with Crippen LogP contribution in [-0.2, 0) is 0 Å². The molecule has 0 aliphatic rings. The van der Waals surface area contributed by atoms with Crippen molar-refractivity contribution in [2.75, 3.05) is 18.4 Å². The van der Waals surface area contributed by atoms with Crippen molar-refractivity contribution < 1.29 is 22.9 Å². The van der Waals surface area contributed by atoms with Crippen LogP contribution in [0.4, 0.5) is 18.9 Å². The summed E-state index contributed by atoms with van der Waals surface area (Å²) in [4.78, 5) is 22.5. The van der Waals surface area contributed by atoms with Crippen molar-refractivity contribution >= 4 is 27.5 Å². The average Bonchev–Trinajstić information content (AvgIpc) is 2.36. The van der Waals surface area contributed by atoms with Gasteiger partial charge in [0.05, 0.1) is 17.5 Å². The molecule has 0 fully saturated rings. The summed E-state index contributed by atoms with van der Waals surface area (Å²) < 4.78 is 38.0. The van der Waals surface area contributed by atoms with Gasteiger partial charge in [-0.2, -0.15) is 0 Å². The summed E-state index contributed by atoms with van der Waals surface area (Å²) in [5.41, 5.74) is -0.942. The molecule has 0 saturated carbocycles. The second-order valence-corrected chi connectivity index (χ2v) is 4.58. The van der Waals surface area contributed by atoms with Crippen molar-refractivity contribution in [3.05, 3.63) is 39.7 Å². The third-order valence-electron chi connectivity index (χ3n) is 2.34. The maximum Gasteiger partial charge on any atom is 0.273 e. The summed E-state index contributed by atoms with van der Waals surface area (Å²) >= 11 is 3.01. The minimum absolute atomic E-state index is 0.0204. The summed E-state index contributed by atoms with van der Waals surface area (Å²) in [6.45, 7) is -0.845. The van der Waals surface area contributed by atoms with Gasteiger partial charge >= 0.3 is 0 Å². The predicted molar refractivity (Wildman–Crippen MR) is 68.8 cm³/mol. The van der Waals surface area contributed by atoms with Gasteiger partial charge in [0.2, 0.25) is 0 Å². The van der Waals surface area contributed by atoms with E-state index < -0.39 is 35.3 Å². The standard InChI is InChI=1S/C11H10BrF3N2O3/c12-1-2-16(6-10(14)15)11(18)7-3-8(13)5-9(4-7)17(19)20/h3-5,10H,1-2,6H2. The molecule has 0 aromatic heterocycles. The molecule has 0 unspecified atom stereocenters. The number of non-ortho nitro benzene ring substituents is 1. The molecule has 1 amide bonds. The number of carbonyl (C=O) groups is 1. The third-order valence-corrected chi connectivity index (χ3v) is 2.70. The molecule has 110 valence electrons. The number of nitro benzene ring substituents is 1. The molecule has 1 aromatic rings. The summed E-state index contributed by atoms with van der Waals surface area (Å²) in [5.74, 6) is -1.86. The van der Waals surface area contributed by atoms with E-state index in [2.05, 4.69) is 15.9 Å². The average molecular weight is 355 g/mol. The molecule has 0 atom stereocenters. The van der Waals surface area contributed by atoms with E-state index in [-0.39, 0.29) is 17.4 Å². The number of carbonyl (C=O) groups excluding carboxylic acids is 1. The van der Waals surface area contributed by atoms with Crippen LogP contribution in [0.1, 0.15) is 10.4 Å². The molecule has 9 heteroatoms. The molecule has 0 N–H and O–H groups in total. The van der Waals surface area contributed by atoms with E-state index in [4.69, 9.17) is 0 Å². The van der Waals surface area contributed by atoms with Crippen LogP contribution in [0.3, 0.4) is 0 Å². The number of nitro groups is 1. The molecule has 1 rings (SSSR count). The zero-order chi connectivity index (χ0) is 15.3. The van der Waals surface area contributed by atoms with E-state index in [0.29, 0.717) is 6.07 Å². The lowest BCUT2D eigenvalue weighted by molar-refractivity contribution is -0.385. The lowest BCUT2D eigenvalue weighted by atomic mass is 10.1. The highest BCUT2D eigenvalue weighted by atomic mass is 79.9. The van der Waals surface area contributed by atoms with Crippen LogP contribution >= 0.6 is 15.9 Å². The highest BCUT2D eigenvalue weighted by molar-refractivity contribution is 9.09. The lowest BCUT2D eigenvalue weighted by Crippen LogP contribution is -2.36. The first-order valence-electron chi connectivity index (χ1n) is 5.43. The van der Waals surface area contributed by atoms with E-state index in [1.807, 2.05) is 0 Å². The molecular weight excluding hydrogens is 345 g/mol. The molecule has 0 aliphatic heterocycles. The van der Waals surface area contributed by atoms with Gasteiger partial charge in [-0.1, -0.05) is 15.9 Å². The summed E-state index contributed by atoms with van der Waals surface area (Å²) in [6, 6.07) is 2.29. The third kappa shape index (κ3) is 4.48. The molecular formula is C11H10BrF3N2O3. The number of amides is 1. The molecule has 0 heterocycles. The Morgan fingerprint density at radius 1 is 1.40 bits per heavy atom. The van der Waals surface area contributed by atoms with E-state index in [1.54, 1.807) is 0 Å². The smallest absolute Gasteiger partial charge is 0.273 e. The largest absolute Gasteiger partial charge is 0.332 e. The van der Waals surface area contributed by atoms with Crippen molar-refractivity contribution in [3.63, 3.8) is 0 Å². The Morgan fingerprint density at radius 2 is 2.05 bits per heavy atom. The Hall–Kier alpha value is -1.64. The van der Waals surface area contributed by atoms with E-state index >= 15 is 0 Å². The highest BCUT2D eigenvalue weighted by Gasteiger charge is 2.22. The summed E-state index contributed by atoms with van der Waals surface area (Å²) in [7, 11) is 0. The van der Waals surface area contributed by atoms with Gasteiger partial charge in [0.1, 0.15) is 5.82 Å². The maximum atomic E-state index is 13.2. The van der Waals surface area contributed by atoms with Crippen molar-refractivity contribution in [1.82, 2.24) is 4.90 Å². The Labute approximate surface area is 120 Å². The van der Waals surface area contributed by atoms with Gasteiger partial charge in [0, 0.05) is 23.5 Å². The van der Waals surface area contributed by atoms with Crippen molar-refractivity contribution in [2.45, 2.75) is 6.43 Å². The van der Waals surface area contributed by atoms with Crippen LogP contribution in [0, 0.1) is 15.9 Å². The van der Waals surface area contributed by atoms with Gasteiger partial charge in [0.15, 0.2) is 0 Å². The monoisotopic (exact) mass is 354 g/mol. The van der Waals surface area contributed by atoms with Crippen LogP contribution in [0.2, 0.25) is 0 Å². The first kappa shape index (κ1) is 16.4. The van der Waals surface area contributed by atoms with E-state index in [0.717, 1.165) is 17.0 Å². The number of alkyl halides is 3. The molecule has 0 bridgehead atoms. The summed E-state index contributed by atoms with van der Waals surface area (Å²) in [5, 5.41) is 10.8. The Morgan fingerprint density at radius 3 is 2.55 bits per heavy atom. The zero-order valence-electron chi connectivity index (χ0n) is 10.1. The van der Waals surface area contributed by atoms with Gasteiger partial charge < -0.3 is 4.90 Å². The number of rotatable bonds is 6. The highest BCUT2D eigenvalue weighted by Crippen LogP contribution is 2.18. The first-order valence-corrected chi connectivity index (χ1v) is 6.55. The quantitative estimate of drug-likeness (QED) is 0.448. The first-order chi connectivity index (χ1) is 9.35. The van der Waals surface area contributed by atoms with Crippen molar-refractivity contribution in [3.8, 4) is 0 Å². The van der Waals surface area contributed by atoms with Crippen molar-refractivity contribution in [2.24, 2.45) is 0 Å². The van der Waals surface area contributed by atoms with Gasteiger partial charge in [0.25, 0.3) is 18.0 Å². The SMILES string of the molecule is O=C(c1cc(F)cc([N+](=O)[O-])c1)N(CCBr)CC(F)F. The number of nitrogens with zero attached hydrogens (tertiary/aromatic N) is 2. The number of hydrogen-bond acceptors (Lipinski definition) is 3. The zero-order valence-corrected chi connectivity index (χ0v) is 11.6. The maximum absolute atomic E-state index is 13.2. The predicted octanol–water partition coefficient (Wildman–Crippen LogP) is 2.84. The normalized spacial score (nSPS) is 10.7. The van der Waals surface area contributed by atoms with Crippen LogP contribution in [-0.4, -0.2) is 40.6 Å². The van der Waals surface area contributed by atoms with Gasteiger partial charge in [-0.3, -0.25) is 14.9 Å². The lowest BCUT2D eigenvalue weighted by Gasteiger charge is -2.21. The minimum atomic E-state index is -2.75. The van der Waals surface area contributed by atoms with E-state index in [1.165, 1.54) is 0 Å². The van der Waals surface area contributed by atoms with Crippen LogP contribution in [0.5, 0.6) is 0 Å². The Balaban J connectivity index is 3.07. The number of hydrogen-bond donors (Lipinski definition) is 0. The van der Waals surface area contributed by atoms with Gasteiger partial charge in [-0.25, -0.2) is 13.2 Å². The molecule has 5 nitrogen and oxygen atoms in total. The fraction of sp³-hybridized carbons (Fsp3) is 0.364. The van der Waals surface area contributed by atoms with Crippen LogP contribution in [0.25, 0.3) is 0 Å². The fourth-order valence-corrected chi connectivity index (χ4v) is 1.96. The second-order valence-electron chi connectivity index (χ2n) is 3.79. The fourth-order valence-electron chi connectivity index (χ4n) is 1.53. The number of benzene rings is 1. The minimum Gasteiger partial charge on any atom is -0.332 e. The molecule has 0 saturated heterocycles. The molecule has 20 heavy (non-hydrogen) atoms. The summed E-state index contributed by atoms with van der Waals surface area (Å²) in [6.07, 6.45) is -2.75. The van der Waals surface area contributed by atoms with E-state index in [9.17, 15) is 28.1 Å². The number of halogens is 4. The molecule has 0 radical (unpaired) electrons. The van der Waals surface area contributed by atoms with Crippen molar-refractivity contribution in [1.29, 1.82) is 0 Å². The molecule has 0 aliphatic carbocycles. The van der Waals surface area contributed by atoms with Gasteiger partial charge in [-0.15, -0.1) is 0 Å². The molecule has 1 aromatic carbocycles. The van der Waals surface area contributed by atoms with Crippen LogP contribution < -0.4 is 0 Å². The molecule has 0 spiro atoms. The Bertz CT molecular complexity index is 514. The topological polar surface area (TPSA) is 63.4 Å². The second kappa shape index (κ2) is 7.22. The van der Waals surface area contributed by atoms with Gasteiger partial charge in [-0.05, 0) is 6.07 Å². The Kier molecular flexibility index (Phi) is 5.93. The van der Waals surface area contributed by atoms with Crippen LogP contribution in [0.15, 0.2) is 18.2 Å².